The number of likely N-dealkylation sites (N-methyl/N-ethyl adjacent to an activating group) is 1. The summed E-state index contributed by atoms with van der Waals surface area (Å²) in [7, 11) is 2.22. The summed E-state index contributed by atoms with van der Waals surface area (Å²) in [5, 5.41) is 0. The highest BCUT2D eigenvalue weighted by atomic mass is 15.4. The van der Waals surface area contributed by atoms with Crippen molar-refractivity contribution in [2.75, 3.05) is 39.8 Å². The van der Waals surface area contributed by atoms with Gasteiger partial charge in [-0.05, 0) is 70.6 Å². The number of rotatable bonds is 8. The van der Waals surface area contributed by atoms with Gasteiger partial charge in [0.2, 0.25) is 0 Å². The Bertz CT molecular complexity index is 1070. The van der Waals surface area contributed by atoms with Gasteiger partial charge in [-0.25, -0.2) is 4.98 Å². The number of aliphatic imine (C=N–C) groups is 1. The zero-order chi connectivity index (χ0) is 24.4. The van der Waals surface area contributed by atoms with E-state index in [2.05, 4.69) is 76.2 Å². The van der Waals surface area contributed by atoms with Crippen molar-refractivity contribution in [1.82, 2.24) is 29.2 Å². The number of aromatic nitrogens is 3. The summed E-state index contributed by atoms with van der Waals surface area (Å²) in [5.74, 6) is 1.06. The van der Waals surface area contributed by atoms with E-state index in [1.54, 1.807) is 0 Å². The van der Waals surface area contributed by atoms with Crippen LogP contribution in [0, 0.1) is 0 Å². The summed E-state index contributed by atoms with van der Waals surface area (Å²) in [5.41, 5.74) is 4.93. The van der Waals surface area contributed by atoms with Crippen LogP contribution in [0.2, 0.25) is 0 Å². The normalized spacial score (nSPS) is 25.0. The fourth-order valence-electron chi connectivity index (χ4n) is 6.37. The van der Waals surface area contributed by atoms with Gasteiger partial charge in [0.25, 0.3) is 0 Å². The van der Waals surface area contributed by atoms with E-state index >= 15 is 0 Å². The predicted octanol–water partition coefficient (Wildman–Crippen LogP) is 4.11. The van der Waals surface area contributed by atoms with Crippen LogP contribution in [0.1, 0.15) is 74.0 Å². The Hall–Kier alpha value is -2.35. The number of hydrogen-bond acceptors (Lipinski definition) is 6. The quantitative estimate of drug-likeness (QED) is 0.538. The Kier molecular flexibility index (Phi) is 7.19. The average molecular weight is 476 g/mol. The first kappa shape index (κ1) is 24.3. The molecule has 1 saturated heterocycles. The first-order chi connectivity index (χ1) is 17.0. The van der Waals surface area contributed by atoms with Gasteiger partial charge >= 0.3 is 0 Å². The van der Waals surface area contributed by atoms with Crippen molar-refractivity contribution in [3.63, 3.8) is 0 Å². The number of piperazine rings is 1. The van der Waals surface area contributed by atoms with Gasteiger partial charge in [0, 0.05) is 45.3 Å². The van der Waals surface area contributed by atoms with Crippen LogP contribution in [0.25, 0.3) is 6.08 Å². The summed E-state index contributed by atoms with van der Waals surface area (Å²) in [6.45, 7) is 15.3. The van der Waals surface area contributed by atoms with E-state index in [0.29, 0.717) is 12.6 Å². The Morgan fingerprint density at radius 2 is 2.09 bits per heavy atom. The lowest BCUT2D eigenvalue weighted by atomic mass is 9.90. The summed E-state index contributed by atoms with van der Waals surface area (Å²) in [6, 6.07) is 4.68. The maximum Gasteiger partial charge on any atom is 0.134 e. The molecule has 188 valence electrons. The first-order valence-electron chi connectivity index (χ1n) is 13.4. The van der Waals surface area contributed by atoms with Gasteiger partial charge < -0.3 is 9.47 Å². The van der Waals surface area contributed by atoms with E-state index in [4.69, 9.17) is 9.97 Å². The molecule has 2 aromatic rings. The zero-order valence-electron chi connectivity index (χ0n) is 21.8. The third kappa shape index (κ3) is 4.61. The van der Waals surface area contributed by atoms with Crippen LogP contribution in [0.3, 0.4) is 0 Å². The lowest BCUT2D eigenvalue weighted by molar-refractivity contribution is -0.00342. The number of hydrogen-bond donors (Lipinski definition) is 0. The Balaban J connectivity index is 1.50. The number of aryl methyl sites for hydroxylation is 1. The molecule has 35 heavy (non-hydrogen) atoms. The average Bonchev–Trinajstić information content (AvgIpc) is 3.22. The van der Waals surface area contributed by atoms with Gasteiger partial charge in [-0.1, -0.05) is 19.1 Å². The highest BCUT2D eigenvalue weighted by Crippen LogP contribution is 2.38. The molecule has 0 bridgehead atoms. The van der Waals surface area contributed by atoms with Crippen LogP contribution in [-0.4, -0.2) is 75.7 Å². The van der Waals surface area contributed by atoms with E-state index in [-0.39, 0.29) is 5.66 Å². The molecule has 1 aliphatic carbocycles. The Morgan fingerprint density at radius 1 is 1.26 bits per heavy atom. The fourth-order valence-corrected chi connectivity index (χ4v) is 6.37. The topological polar surface area (TPSA) is 52.8 Å². The minimum absolute atomic E-state index is 0.120. The Morgan fingerprint density at radius 3 is 2.86 bits per heavy atom. The van der Waals surface area contributed by atoms with Gasteiger partial charge in [0.15, 0.2) is 0 Å². The minimum atomic E-state index is -0.120. The van der Waals surface area contributed by atoms with Gasteiger partial charge in [0.1, 0.15) is 11.5 Å². The number of imidazole rings is 1. The van der Waals surface area contributed by atoms with E-state index in [1.165, 1.54) is 23.4 Å². The molecule has 7 heteroatoms. The maximum atomic E-state index is 5.24. The summed E-state index contributed by atoms with van der Waals surface area (Å²) < 4.78 is 2.49. The second-order valence-corrected chi connectivity index (χ2v) is 10.6. The summed E-state index contributed by atoms with van der Waals surface area (Å²) in [4.78, 5) is 22.1. The van der Waals surface area contributed by atoms with Crippen LogP contribution in [-0.2, 0) is 25.2 Å². The van der Waals surface area contributed by atoms with E-state index in [1.807, 2.05) is 6.20 Å². The molecule has 3 aliphatic rings. The highest BCUT2D eigenvalue weighted by molar-refractivity contribution is 5.47. The van der Waals surface area contributed by atoms with Gasteiger partial charge in [-0.15, -0.1) is 0 Å². The van der Waals surface area contributed by atoms with Crippen molar-refractivity contribution in [3.05, 3.63) is 52.9 Å². The van der Waals surface area contributed by atoms with Crippen molar-refractivity contribution in [3.8, 4) is 0 Å². The molecule has 0 amide bonds. The van der Waals surface area contributed by atoms with Crippen molar-refractivity contribution in [1.29, 1.82) is 0 Å². The Labute approximate surface area is 210 Å². The minimum Gasteiger partial charge on any atom is -0.307 e. The summed E-state index contributed by atoms with van der Waals surface area (Å²) in [6.07, 6.45) is 12.1. The fraction of sp³-hybridized carbons (Fsp3) is 0.607. The largest absolute Gasteiger partial charge is 0.307 e. The van der Waals surface area contributed by atoms with Crippen LogP contribution in [0.15, 0.2) is 29.4 Å². The van der Waals surface area contributed by atoms with E-state index in [9.17, 15) is 0 Å². The predicted molar refractivity (Wildman–Crippen MR) is 142 cm³/mol. The molecule has 5 rings (SSSR count). The van der Waals surface area contributed by atoms with Gasteiger partial charge in [-0.3, -0.25) is 19.8 Å². The van der Waals surface area contributed by atoms with E-state index in [0.717, 1.165) is 76.5 Å². The third-order valence-electron chi connectivity index (χ3n) is 8.25. The second kappa shape index (κ2) is 10.3. The molecule has 1 fully saturated rings. The molecule has 1 unspecified atom stereocenters. The molecule has 2 atom stereocenters. The third-order valence-corrected chi connectivity index (χ3v) is 8.25. The standard InChI is InChI=1S/C28H41N7/c1-5-15-33(24-11-6-9-22-10-8-14-30-27(22)24)21-23-25(20-29-3)35-26(31-23)12-7-13-28(35,2)34-18-16-32(4)17-19-34/h7-8,10,12,14,24H,3,5-6,9,11,13,15-21H2,1-2,4H3/t24-,28?/m0/s1. The SMILES string of the molecule is C=NCc1c(CN(CCC)[C@H]2CCCc3cccnc32)nc2n1C(C)(N1CCN(C)CC1)CC=C2. The molecule has 0 aromatic carbocycles. The van der Waals surface area contributed by atoms with Crippen LogP contribution in [0.4, 0.5) is 0 Å². The molecular weight excluding hydrogens is 434 g/mol. The first-order valence-corrected chi connectivity index (χ1v) is 13.4. The number of pyridine rings is 1. The molecule has 0 saturated carbocycles. The lowest BCUT2D eigenvalue weighted by Gasteiger charge is -2.47. The molecule has 0 spiro atoms. The molecule has 0 N–H and O–H groups in total. The van der Waals surface area contributed by atoms with Crippen molar-refractivity contribution >= 4 is 12.8 Å². The molecule has 7 nitrogen and oxygen atoms in total. The highest BCUT2D eigenvalue weighted by Gasteiger charge is 2.40. The zero-order valence-corrected chi connectivity index (χ0v) is 21.8. The summed E-state index contributed by atoms with van der Waals surface area (Å²) >= 11 is 0. The van der Waals surface area contributed by atoms with Gasteiger partial charge in [0.05, 0.1) is 29.7 Å². The second-order valence-electron chi connectivity index (χ2n) is 10.6. The van der Waals surface area contributed by atoms with Crippen LogP contribution >= 0.6 is 0 Å². The van der Waals surface area contributed by atoms with Crippen LogP contribution in [0.5, 0.6) is 0 Å². The van der Waals surface area contributed by atoms with Crippen molar-refractivity contribution < 1.29 is 0 Å². The molecule has 4 heterocycles. The van der Waals surface area contributed by atoms with Gasteiger partial charge in [-0.2, -0.15) is 0 Å². The monoisotopic (exact) mass is 475 g/mol. The van der Waals surface area contributed by atoms with Crippen molar-refractivity contribution in [2.24, 2.45) is 4.99 Å². The maximum absolute atomic E-state index is 5.24. The molecule has 2 aliphatic heterocycles. The molecule has 0 radical (unpaired) electrons. The smallest absolute Gasteiger partial charge is 0.134 e. The van der Waals surface area contributed by atoms with Crippen LogP contribution < -0.4 is 0 Å². The molecular formula is C28H41N7. The van der Waals surface area contributed by atoms with E-state index < -0.39 is 0 Å². The number of fused-ring (bicyclic) bond motifs is 2. The molecule has 2 aromatic heterocycles. The number of nitrogens with zero attached hydrogens (tertiary/aromatic N) is 7. The lowest BCUT2D eigenvalue weighted by Crippen LogP contribution is -2.57. The van der Waals surface area contributed by atoms with Crippen molar-refractivity contribution in [2.45, 2.75) is 70.7 Å².